The molecule has 0 saturated heterocycles. The number of benzene rings is 2. The van der Waals surface area contributed by atoms with Gasteiger partial charge in [0.2, 0.25) is 15.9 Å². The van der Waals surface area contributed by atoms with Crippen LogP contribution < -0.4 is 0 Å². The molecule has 6 nitrogen and oxygen atoms in total. The molecule has 146 valence electrons. The molecule has 0 atom stereocenters. The van der Waals surface area contributed by atoms with E-state index in [-0.39, 0.29) is 23.4 Å². The smallest absolute Gasteiger partial charge is 0.243 e. The number of amides is 1. The largest absolute Gasteiger partial charge is 0.334 e. The first kappa shape index (κ1) is 20.5. The van der Waals surface area contributed by atoms with Crippen LogP contribution in [0.25, 0.3) is 0 Å². The number of rotatable bonds is 7. The van der Waals surface area contributed by atoms with Crippen molar-refractivity contribution in [2.45, 2.75) is 30.3 Å². The molecule has 1 amide bonds. The zero-order valence-electron chi connectivity index (χ0n) is 15.4. The average molecular weight is 462 g/mol. The van der Waals surface area contributed by atoms with Crippen LogP contribution >= 0.6 is 15.9 Å². The summed E-state index contributed by atoms with van der Waals surface area (Å²) in [7, 11) is -2.41. The Morgan fingerprint density at radius 2 is 1.89 bits per heavy atom. The number of carbonyl (C=O) groups is 1. The second kappa shape index (κ2) is 8.43. The molecular weight excluding hydrogens is 442 g/mol. The molecule has 0 N–H and O–H groups in total. The van der Waals surface area contributed by atoms with E-state index in [9.17, 15) is 13.2 Å². The highest BCUT2D eigenvalue weighted by molar-refractivity contribution is 9.10. The van der Waals surface area contributed by atoms with Gasteiger partial charge in [-0.25, -0.2) is 8.42 Å². The fraction of sp³-hybridized carbons (Fsp3) is 0.300. The number of hydrogen-bond donors (Lipinski definition) is 0. The van der Waals surface area contributed by atoms with E-state index in [2.05, 4.69) is 15.9 Å². The SMILES string of the molecule is CN(CC(=O)N(Cc1cccc(Br)c1)C1CC1)S(=O)(=O)c1ccc(C#N)cc1. The second-order valence-electron chi connectivity index (χ2n) is 6.78. The maximum Gasteiger partial charge on any atom is 0.243 e. The topological polar surface area (TPSA) is 81.5 Å². The monoisotopic (exact) mass is 461 g/mol. The molecule has 0 spiro atoms. The molecule has 1 saturated carbocycles. The fourth-order valence-corrected chi connectivity index (χ4v) is 4.45. The lowest BCUT2D eigenvalue weighted by atomic mass is 10.2. The first-order valence-corrected chi connectivity index (χ1v) is 11.0. The highest BCUT2D eigenvalue weighted by Gasteiger charge is 2.34. The van der Waals surface area contributed by atoms with Gasteiger partial charge in [-0.05, 0) is 54.8 Å². The van der Waals surface area contributed by atoms with E-state index in [0.717, 1.165) is 27.2 Å². The van der Waals surface area contributed by atoms with Crippen LogP contribution in [0.5, 0.6) is 0 Å². The average Bonchev–Trinajstić information content (AvgIpc) is 3.51. The van der Waals surface area contributed by atoms with E-state index in [4.69, 9.17) is 5.26 Å². The summed E-state index contributed by atoms with van der Waals surface area (Å²) in [6, 6.07) is 15.5. The van der Waals surface area contributed by atoms with E-state index in [1.165, 1.54) is 31.3 Å². The Bertz CT molecular complexity index is 1010. The fourth-order valence-electron chi connectivity index (χ4n) is 2.89. The Labute approximate surface area is 173 Å². The highest BCUT2D eigenvalue weighted by Crippen LogP contribution is 2.29. The highest BCUT2D eigenvalue weighted by atomic mass is 79.9. The number of sulfonamides is 1. The third kappa shape index (κ3) is 4.79. The van der Waals surface area contributed by atoms with Gasteiger partial charge in [0, 0.05) is 24.1 Å². The minimum Gasteiger partial charge on any atom is -0.334 e. The van der Waals surface area contributed by atoms with Gasteiger partial charge in [-0.1, -0.05) is 28.1 Å². The molecule has 1 aliphatic rings. The predicted molar refractivity (Wildman–Crippen MR) is 109 cm³/mol. The van der Waals surface area contributed by atoms with Crippen LogP contribution in [0.3, 0.4) is 0 Å². The van der Waals surface area contributed by atoms with Crippen molar-refractivity contribution >= 4 is 31.9 Å². The summed E-state index contributed by atoms with van der Waals surface area (Å²) in [6.45, 7) is 0.223. The van der Waals surface area contributed by atoms with E-state index in [1.807, 2.05) is 30.3 Å². The molecule has 0 aliphatic heterocycles. The quantitative estimate of drug-likeness (QED) is 0.633. The number of nitrogens with zero attached hydrogens (tertiary/aromatic N) is 3. The van der Waals surface area contributed by atoms with E-state index >= 15 is 0 Å². The van der Waals surface area contributed by atoms with Crippen LogP contribution in [0.15, 0.2) is 57.9 Å². The molecule has 1 aliphatic carbocycles. The van der Waals surface area contributed by atoms with Crippen molar-refractivity contribution in [1.29, 1.82) is 5.26 Å². The van der Waals surface area contributed by atoms with Gasteiger partial charge in [-0.3, -0.25) is 4.79 Å². The van der Waals surface area contributed by atoms with Gasteiger partial charge in [-0.2, -0.15) is 9.57 Å². The van der Waals surface area contributed by atoms with Gasteiger partial charge < -0.3 is 4.90 Å². The summed E-state index contributed by atoms with van der Waals surface area (Å²) >= 11 is 3.43. The van der Waals surface area contributed by atoms with Gasteiger partial charge in [-0.15, -0.1) is 0 Å². The van der Waals surface area contributed by atoms with E-state index in [0.29, 0.717) is 12.1 Å². The summed E-state index contributed by atoms with van der Waals surface area (Å²) in [5.74, 6) is -0.220. The van der Waals surface area contributed by atoms with Crippen LogP contribution in [-0.4, -0.2) is 43.2 Å². The van der Waals surface area contributed by atoms with Crippen molar-refractivity contribution in [3.05, 3.63) is 64.1 Å². The van der Waals surface area contributed by atoms with Crippen molar-refractivity contribution in [2.24, 2.45) is 0 Å². The Kier molecular flexibility index (Phi) is 6.18. The van der Waals surface area contributed by atoms with Gasteiger partial charge in [0.1, 0.15) is 0 Å². The van der Waals surface area contributed by atoms with Crippen LogP contribution in [0.2, 0.25) is 0 Å². The van der Waals surface area contributed by atoms with Crippen LogP contribution in [0, 0.1) is 11.3 Å². The Morgan fingerprint density at radius 1 is 1.21 bits per heavy atom. The normalized spacial score (nSPS) is 13.9. The molecule has 0 heterocycles. The molecule has 0 unspecified atom stereocenters. The summed E-state index contributed by atoms with van der Waals surface area (Å²) in [5.41, 5.74) is 1.37. The first-order valence-electron chi connectivity index (χ1n) is 8.81. The van der Waals surface area contributed by atoms with E-state index in [1.54, 1.807) is 4.90 Å². The van der Waals surface area contributed by atoms with Gasteiger partial charge >= 0.3 is 0 Å². The maximum atomic E-state index is 12.9. The van der Waals surface area contributed by atoms with Crippen LogP contribution in [-0.2, 0) is 21.4 Å². The first-order chi connectivity index (χ1) is 13.3. The van der Waals surface area contributed by atoms with Gasteiger partial charge in [0.05, 0.1) is 23.1 Å². The molecule has 0 radical (unpaired) electrons. The third-order valence-electron chi connectivity index (χ3n) is 4.60. The summed E-state index contributed by atoms with van der Waals surface area (Å²) in [5, 5.41) is 8.85. The number of hydrogen-bond acceptors (Lipinski definition) is 4. The molecule has 8 heteroatoms. The second-order valence-corrected chi connectivity index (χ2v) is 9.74. The minimum atomic E-state index is -3.81. The van der Waals surface area contributed by atoms with Gasteiger partial charge in [0.25, 0.3) is 0 Å². The zero-order chi connectivity index (χ0) is 20.3. The lowest BCUT2D eigenvalue weighted by Crippen LogP contribution is -2.41. The summed E-state index contributed by atoms with van der Waals surface area (Å²) in [6.07, 6.45) is 1.87. The van der Waals surface area contributed by atoms with Crippen molar-refractivity contribution in [1.82, 2.24) is 9.21 Å². The predicted octanol–water partition coefficient (Wildman–Crippen LogP) is 3.13. The standard InChI is InChI=1S/C20H20BrN3O3S/c1-23(28(26,27)19-9-5-15(12-22)6-10-19)14-20(25)24(18-7-8-18)13-16-3-2-4-17(21)11-16/h2-6,9-11,18H,7-8,13-14H2,1H3. The molecule has 3 rings (SSSR count). The molecular formula is C20H20BrN3O3S. The molecule has 2 aromatic rings. The van der Waals surface area contributed by atoms with Crippen molar-refractivity contribution in [3.8, 4) is 6.07 Å². The third-order valence-corrected chi connectivity index (χ3v) is 6.91. The zero-order valence-corrected chi connectivity index (χ0v) is 17.8. The summed E-state index contributed by atoms with van der Waals surface area (Å²) in [4.78, 5) is 14.7. The number of halogens is 1. The number of nitriles is 1. The van der Waals surface area contributed by atoms with Crippen molar-refractivity contribution in [2.75, 3.05) is 13.6 Å². The molecule has 0 bridgehead atoms. The number of likely N-dealkylation sites (N-methyl/N-ethyl adjacent to an activating group) is 1. The molecule has 1 fully saturated rings. The van der Waals surface area contributed by atoms with E-state index < -0.39 is 10.0 Å². The Balaban J connectivity index is 1.72. The Hall–Kier alpha value is -2.21. The molecule has 2 aromatic carbocycles. The maximum absolute atomic E-state index is 12.9. The molecule has 28 heavy (non-hydrogen) atoms. The van der Waals surface area contributed by atoms with Crippen molar-refractivity contribution < 1.29 is 13.2 Å². The van der Waals surface area contributed by atoms with Crippen molar-refractivity contribution in [3.63, 3.8) is 0 Å². The molecule has 0 aromatic heterocycles. The van der Waals surface area contributed by atoms with Gasteiger partial charge in [0.15, 0.2) is 0 Å². The lowest BCUT2D eigenvalue weighted by Gasteiger charge is -2.25. The number of carbonyl (C=O) groups excluding carboxylic acids is 1. The lowest BCUT2D eigenvalue weighted by molar-refractivity contribution is -0.132. The summed E-state index contributed by atoms with van der Waals surface area (Å²) < 4.78 is 27.5. The minimum absolute atomic E-state index is 0.0618. The van der Waals surface area contributed by atoms with Crippen LogP contribution in [0.1, 0.15) is 24.0 Å². The van der Waals surface area contributed by atoms with Crippen LogP contribution in [0.4, 0.5) is 0 Å². The Morgan fingerprint density at radius 3 is 2.46 bits per heavy atom.